The molecule has 0 saturated carbocycles. The van der Waals surface area contributed by atoms with E-state index in [1.807, 2.05) is 23.5 Å². The zero-order chi connectivity index (χ0) is 12.5. The monoisotopic (exact) mass is 254 g/mol. The van der Waals surface area contributed by atoms with Crippen molar-refractivity contribution in [3.05, 3.63) is 51.2 Å². The third-order valence-corrected chi connectivity index (χ3v) is 4.50. The Bertz CT molecular complexity index is 622. The first-order chi connectivity index (χ1) is 8.78. The van der Waals surface area contributed by atoms with Crippen molar-refractivity contribution in [3.63, 3.8) is 0 Å². The number of benzene rings is 1. The van der Waals surface area contributed by atoms with E-state index >= 15 is 0 Å². The van der Waals surface area contributed by atoms with Gasteiger partial charge in [0.1, 0.15) is 0 Å². The summed E-state index contributed by atoms with van der Waals surface area (Å²) < 4.78 is 0. The second-order valence-corrected chi connectivity index (χ2v) is 5.65. The van der Waals surface area contributed by atoms with E-state index in [-0.39, 0.29) is 0 Å². The molecule has 2 aromatic rings. The van der Waals surface area contributed by atoms with Gasteiger partial charge in [-0.15, -0.1) is 11.3 Å². The molecular weight excluding hydrogens is 240 g/mol. The molecule has 0 N–H and O–H groups in total. The molecule has 0 amide bonds. The van der Waals surface area contributed by atoms with Gasteiger partial charge < -0.3 is 4.90 Å². The summed E-state index contributed by atoms with van der Waals surface area (Å²) in [4.78, 5) is 3.93. The number of anilines is 1. The van der Waals surface area contributed by atoms with Gasteiger partial charge in [-0.2, -0.15) is 5.26 Å². The molecule has 1 aromatic heterocycles. The average Bonchev–Trinajstić information content (AvgIpc) is 2.85. The zero-order valence-electron chi connectivity index (χ0n) is 10.3. The minimum Gasteiger partial charge on any atom is -0.367 e. The zero-order valence-corrected chi connectivity index (χ0v) is 11.1. The van der Waals surface area contributed by atoms with Gasteiger partial charge in [0, 0.05) is 23.7 Å². The Balaban J connectivity index is 1.91. The molecule has 2 nitrogen and oxygen atoms in total. The van der Waals surface area contributed by atoms with Crippen LogP contribution in [0.15, 0.2) is 29.6 Å². The maximum atomic E-state index is 8.90. The maximum Gasteiger partial charge on any atom is 0.0991 e. The van der Waals surface area contributed by atoms with Crippen molar-refractivity contribution in [2.75, 3.05) is 11.4 Å². The first-order valence-electron chi connectivity index (χ1n) is 6.09. The molecule has 0 atom stereocenters. The molecule has 0 spiro atoms. The lowest BCUT2D eigenvalue weighted by Gasteiger charge is -2.30. The highest BCUT2D eigenvalue weighted by Gasteiger charge is 2.18. The van der Waals surface area contributed by atoms with Gasteiger partial charge >= 0.3 is 0 Å². The van der Waals surface area contributed by atoms with Gasteiger partial charge in [0.15, 0.2) is 0 Å². The first kappa shape index (κ1) is 11.3. The molecular formula is C15H14N2S. The topological polar surface area (TPSA) is 27.0 Å². The number of aryl methyl sites for hydroxylation is 1. The molecule has 1 aromatic carbocycles. The van der Waals surface area contributed by atoms with Crippen LogP contribution in [-0.2, 0) is 13.0 Å². The highest BCUT2D eigenvalue weighted by molar-refractivity contribution is 7.10. The summed E-state index contributed by atoms with van der Waals surface area (Å²) in [5.41, 5.74) is 4.64. The number of fused-ring (bicyclic) bond motifs is 1. The molecule has 0 radical (unpaired) electrons. The van der Waals surface area contributed by atoms with Crippen molar-refractivity contribution in [2.24, 2.45) is 0 Å². The van der Waals surface area contributed by atoms with E-state index in [2.05, 4.69) is 35.4 Å². The van der Waals surface area contributed by atoms with Gasteiger partial charge in [0.2, 0.25) is 0 Å². The van der Waals surface area contributed by atoms with Crippen molar-refractivity contribution in [1.82, 2.24) is 0 Å². The van der Waals surface area contributed by atoms with E-state index in [0.29, 0.717) is 0 Å². The Labute approximate surface area is 111 Å². The number of nitriles is 1. The van der Waals surface area contributed by atoms with Gasteiger partial charge in [-0.25, -0.2) is 0 Å². The molecule has 1 aliphatic heterocycles. The second-order valence-electron chi connectivity index (χ2n) is 4.65. The summed E-state index contributed by atoms with van der Waals surface area (Å²) in [7, 11) is 0. The van der Waals surface area contributed by atoms with Gasteiger partial charge in [-0.3, -0.25) is 0 Å². The Kier molecular flexibility index (Phi) is 2.81. The molecule has 3 rings (SSSR count). The van der Waals surface area contributed by atoms with Crippen LogP contribution in [0.4, 0.5) is 5.69 Å². The number of rotatable bonds is 1. The summed E-state index contributed by atoms with van der Waals surface area (Å²) in [6.07, 6.45) is 1.13. The van der Waals surface area contributed by atoms with Gasteiger partial charge in [0.25, 0.3) is 0 Å². The Hall–Kier alpha value is -1.79. The summed E-state index contributed by atoms with van der Waals surface area (Å²) in [6, 6.07) is 10.4. The molecule has 90 valence electrons. The fourth-order valence-electron chi connectivity index (χ4n) is 2.53. The van der Waals surface area contributed by atoms with Crippen LogP contribution in [0.3, 0.4) is 0 Å². The van der Waals surface area contributed by atoms with Crippen molar-refractivity contribution >= 4 is 17.0 Å². The Morgan fingerprint density at radius 1 is 1.33 bits per heavy atom. The fraction of sp³-hybridized carbons (Fsp3) is 0.267. The third kappa shape index (κ3) is 1.89. The van der Waals surface area contributed by atoms with E-state index in [1.54, 1.807) is 0 Å². The highest BCUT2D eigenvalue weighted by atomic mass is 32.1. The number of hydrogen-bond acceptors (Lipinski definition) is 3. The molecule has 0 bridgehead atoms. The van der Waals surface area contributed by atoms with Crippen LogP contribution in [0.5, 0.6) is 0 Å². The van der Waals surface area contributed by atoms with Crippen LogP contribution in [0, 0.1) is 18.3 Å². The van der Waals surface area contributed by atoms with E-state index in [9.17, 15) is 0 Å². The van der Waals surface area contributed by atoms with E-state index in [1.165, 1.54) is 21.7 Å². The molecule has 0 saturated heterocycles. The van der Waals surface area contributed by atoms with Crippen molar-refractivity contribution < 1.29 is 0 Å². The van der Waals surface area contributed by atoms with Crippen molar-refractivity contribution in [2.45, 2.75) is 19.9 Å². The van der Waals surface area contributed by atoms with Crippen LogP contribution in [0.2, 0.25) is 0 Å². The lowest BCUT2D eigenvalue weighted by molar-refractivity contribution is 0.741. The standard InChI is InChI=1S/C15H14N2S/c1-11-8-12(9-16)2-3-14(11)17-6-4-15-13(10-17)5-7-18-15/h2-3,5,7-8H,4,6,10H2,1H3. The van der Waals surface area contributed by atoms with E-state index < -0.39 is 0 Å². The maximum absolute atomic E-state index is 8.90. The van der Waals surface area contributed by atoms with Gasteiger partial charge in [0.05, 0.1) is 11.6 Å². The average molecular weight is 254 g/mol. The highest BCUT2D eigenvalue weighted by Crippen LogP contribution is 2.29. The summed E-state index contributed by atoms with van der Waals surface area (Å²) in [5.74, 6) is 0. The summed E-state index contributed by atoms with van der Waals surface area (Å²) >= 11 is 1.86. The van der Waals surface area contributed by atoms with Crippen LogP contribution in [0.25, 0.3) is 0 Å². The van der Waals surface area contributed by atoms with Gasteiger partial charge in [-0.05, 0) is 54.1 Å². The number of nitrogens with zero attached hydrogens (tertiary/aromatic N) is 2. The third-order valence-electron chi connectivity index (χ3n) is 3.47. The summed E-state index contributed by atoms with van der Waals surface area (Å²) in [6.45, 7) is 4.14. The largest absolute Gasteiger partial charge is 0.367 e. The fourth-order valence-corrected chi connectivity index (χ4v) is 3.42. The van der Waals surface area contributed by atoms with Crippen molar-refractivity contribution in [1.29, 1.82) is 5.26 Å². The molecule has 0 unspecified atom stereocenters. The number of thiophene rings is 1. The predicted octanol–water partition coefficient (Wildman–Crippen LogP) is 3.49. The van der Waals surface area contributed by atoms with E-state index in [0.717, 1.165) is 25.1 Å². The van der Waals surface area contributed by atoms with Crippen LogP contribution in [0.1, 0.15) is 21.6 Å². The Morgan fingerprint density at radius 2 is 2.22 bits per heavy atom. The SMILES string of the molecule is Cc1cc(C#N)ccc1N1CCc2sccc2C1. The first-order valence-corrected chi connectivity index (χ1v) is 6.97. The normalized spacial score (nSPS) is 14.1. The summed E-state index contributed by atoms with van der Waals surface area (Å²) in [5, 5.41) is 11.1. The minimum atomic E-state index is 0.740. The van der Waals surface area contributed by atoms with Crippen LogP contribution in [-0.4, -0.2) is 6.54 Å². The lowest BCUT2D eigenvalue weighted by Crippen LogP contribution is -2.29. The van der Waals surface area contributed by atoms with E-state index in [4.69, 9.17) is 5.26 Å². The molecule has 0 fully saturated rings. The molecule has 18 heavy (non-hydrogen) atoms. The molecule has 1 aliphatic rings. The molecule has 0 aliphatic carbocycles. The smallest absolute Gasteiger partial charge is 0.0991 e. The lowest BCUT2D eigenvalue weighted by atomic mass is 10.1. The Morgan fingerprint density at radius 3 is 3.00 bits per heavy atom. The van der Waals surface area contributed by atoms with Gasteiger partial charge in [-0.1, -0.05) is 0 Å². The van der Waals surface area contributed by atoms with Crippen LogP contribution < -0.4 is 4.90 Å². The van der Waals surface area contributed by atoms with Crippen molar-refractivity contribution in [3.8, 4) is 6.07 Å². The quantitative estimate of drug-likeness (QED) is 0.779. The minimum absolute atomic E-state index is 0.740. The second kappa shape index (κ2) is 4.47. The van der Waals surface area contributed by atoms with Crippen LogP contribution >= 0.6 is 11.3 Å². The number of hydrogen-bond donors (Lipinski definition) is 0. The molecule has 2 heterocycles. The molecule has 3 heteroatoms. The predicted molar refractivity (Wildman–Crippen MR) is 75.0 cm³/mol.